The highest BCUT2D eigenvalue weighted by atomic mass is 16.5. The molecule has 0 spiro atoms. The summed E-state index contributed by atoms with van der Waals surface area (Å²) in [6.45, 7) is 4.64. The lowest BCUT2D eigenvalue weighted by Crippen LogP contribution is -3.14. The van der Waals surface area contributed by atoms with Crippen molar-refractivity contribution in [2.24, 2.45) is 0 Å². The van der Waals surface area contributed by atoms with Crippen molar-refractivity contribution in [1.82, 2.24) is 9.78 Å². The van der Waals surface area contributed by atoms with Crippen LogP contribution >= 0.6 is 0 Å². The van der Waals surface area contributed by atoms with E-state index in [2.05, 4.69) is 5.10 Å². The van der Waals surface area contributed by atoms with Crippen LogP contribution in [0.1, 0.15) is 38.5 Å². The maximum absolute atomic E-state index is 12.8. The van der Waals surface area contributed by atoms with Gasteiger partial charge in [0.05, 0.1) is 26.3 Å². The van der Waals surface area contributed by atoms with Crippen LogP contribution in [-0.2, 0) is 11.3 Å². The van der Waals surface area contributed by atoms with E-state index in [0.29, 0.717) is 22.6 Å². The Balaban J connectivity index is 1.57. The van der Waals surface area contributed by atoms with Crippen LogP contribution in [0.3, 0.4) is 0 Å². The van der Waals surface area contributed by atoms with Gasteiger partial charge in [-0.25, -0.2) is 0 Å². The van der Waals surface area contributed by atoms with E-state index in [-0.39, 0.29) is 23.0 Å². The normalized spacial score (nSPS) is 17.4. The molecule has 0 saturated carbocycles. The standard InChI is InChI=1S/C17H18N4O4/c22-16-12-4-1-2-5-13(12)17(23)15-14(16)18-21(24)20(15)7-3-6-19-8-10-25-11-9-19/h1-2,4-5H,3,6-11H2/p+1. The minimum Gasteiger partial charge on any atom is -0.571 e. The number of hydrogen-bond donors (Lipinski definition) is 1. The quantitative estimate of drug-likeness (QED) is 0.464. The fourth-order valence-electron chi connectivity index (χ4n) is 3.49. The third kappa shape index (κ3) is 2.73. The van der Waals surface area contributed by atoms with Crippen LogP contribution in [0.15, 0.2) is 24.3 Å². The van der Waals surface area contributed by atoms with Gasteiger partial charge in [0.1, 0.15) is 13.1 Å². The minimum atomic E-state index is -0.368. The molecule has 0 amide bonds. The van der Waals surface area contributed by atoms with Gasteiger partial charge < -0.3 is 14.8 Å². The number of nitrogens with zero attached hydrogens (tertiary/aromatic N) is 3. The van der Waals surface area contributed by atoms with Gasteiger partial charge in [0.2, 0.25) is 17.3 Å². The van der Waals surface area contributed by atoms with Crippen LogP contribution in [0.2, 0.25) is 0 Å². The summed E-state index contributed by atoms with van der Waals surface area (Å²) in [5.41, 5.74) is 0.705. The fourth-order valence-corrected chi connectivity index (χ4v) is 3.49. The van der Waals surface area contributed by atoms with Crippen LogP contribution in [-0.4, -0.2) is 54.2 Å². The summed E-state index contributed by atoms with van der Waals surface area (Å²) in [5, 5.41) is 15.9. The zero-order valence-electron chi connectivity index (χ0n) is 13.7. The summed E-state index contributed by atoms with van der Waals surface area (Å²) in [6, 6.07) is 6.61. The molecule has 2 heterocycles. The lowest BCUT2D eigenvalue weighted by molar-refractivity contribution is -0.908. The average molecular weight is 343 g/mol. The molecule has 1 aromatic heterocycles. The molecule has 0 bridgehead atoms. The molecule has 2 aliphatic rings. The molecule has 1 N–H and O–H groups in total. The lowest BCUT2D eigenvalue weighted by Gasteiger charge is -2.23. The van der Waals surface area contributed by atoms with E-state index >= 15 is 0 Å². The number of rotatable bonds is 4. The molecule has 2 aromatic rings. The molecule has 4 rings (SSSR count). The molecule has 1 aliphatic heterocycles. The van der Waals surface area contributed by atoms with Gasteiger partial charge in [0.15, 0.2) is 5.69 Å². The summed E-state index contributed by atoms with van der Waals surface area (Å²) < 4.78 is 6.62. The number of morpholine rings is 1. The predicted molar refractivity (Wildman–Crippen MR) is 85.5 cm³/mol. The second-order valence-electron chi connectivity index (χ2n) is 6.34. The molecule has 130 valence electrons. The number of aromatic nitrogens is 3. The number of quaternary nitrogens is 1. The highest BCUT2D eigenvalue weighted by Gasteiger charge is 2.39. The van der Waals surface area contributed by atoms with E-state index in [1.54, 1.807) is 24.3 Å². The fraction of sp³-hybridized carbons (Fsp3) is 0.412. The summed E-state index contributed by atoms with van der Waals surface area (Å²) >= 11 is 0. The molecule has 8 heteroatoms. The molecule has 0 unspecified atom stereocenters. The molecule has 1 fully saturated rings. The van der Waals surface area contributed by atoms with Gasteiger partial charge >= 0.3 is 0 Å². The van der Waals surface area contributed by atoms with Gasteiger partial charge in [0, 0.05) is 27.6 Å². The van der Waals surface area contributed by atoms with Crippen LogP contribution in [0.5, 0.6) is 0 Å². The maximum atomic E-state index is 12.8. The van der Waals surface area contributed by atoms with Crippen molar-refractivity contribution in [3.05, 3.63) is 52.0 Å². The van der Waals surface area contributed by atoms with Crippen LogP contribution in [0.25, 0.3) is 0 Å². The Morgan fingerprint density at radius 3 is 2.56 bits per heavy atom. The van der Waals surface area contributed by atoms with Crippen LogP contribution in [0.4, 0.5) is 0 Å². The first-order chi connectivity index (χ1) is 12.2. The van der Waals surface area contributed by atoms with Crippen molar-refractivity contribution < 1.29 is 24.2 Å². The minimum absolute atomic E-state index is 0.0441. The van der Waals surface area contributed by atoms with Gasteiger partial charge in [-0.3, -0.25) is 9.59 Å². The second-order valence-corrected chi connectivity index (χ2v) is 6.34. The first-order valence-electron chi connectivity index (χ1n) is 8.47. The van der Waals surface area contributed by atoms with Crippen molar-refractivity contribution >= 4 is 11.6 Å². The third-order valence-corrected chi connectivity index (χ3v) is 4.82. The lowest BCUT2D eigenvalue weighted by atomic mass is 9.90. The van der Waals surface area contributed by atoms with Crippen molar-refractivity contribution in [1.29, 1.82) is 0 Å². The summed E-state index contributed by atoms with van der Waals surface area (Å²) in [6.07, 6.45) is 0.726. The first kappa shape index (κ1) is 15.9. The van der Waals surface area contributed by atoms with Gasteiger partial charge in [-0.2, -0.15) is 0 Å². The summed E-state index contributed by atoms with van der Waals surface area (Å²) in [5.74, 6) is -0.682. The van der Waals surface area contributed by atoms with Gasteiger partial charge in [0.25, 0.3) is 0 Å². The van der Waals surface area contributed by atoms with E-state index in [4.69, 9.17) is 4.74 Å². The average Bonchev–Trinajstić information content (AvgIpc) is 2.98. The Bertz CT molecular complexity index is 839. The third-order valence-electron chi connectivity index (χ3n) is 4.82. The van der Waals surface area contributed by atoms with Crippen molar-refractivity contribution in [2.45, 2.75) is 13.0 Å². The van der Waals surface area contributed by atoms with E-state index in [1.807, 2.05) is 0 Å². The SMILES string of the molecule is O=C1c2ccccc2C(=O)c2c1n[n+]([O-])n2CCC[NH+]1CCOCC1. The molecule has 1 saturated heterocycles. The molecular weight excluding hydrogens is 324 g/mol. The highest BCUT2D eigenvalue weighted by Crippen LogP contribution is 2.25. The van der Waals surface area contributed by atoms with Crippen molar-refractivity contribution in [3.8, 4) is 0 Å². The monoisotopic (exact) mass is 343 g/mol. The smallest absolute Gasteiger partial charge is 0.220 e. The van der Waals surface area contributed by atoms with Crippen LogP contribution in [0, 0.1) is 5.21 Å². The Labute approximate surface area is 144 Å². The van der Waals surface area contributed by atoms with E-state index < -0.39 is 0 Å². The summed E-state index contributed by atoms with van der Waals surface area (Å²) in [7, 11) is 0. The first-order valence-corrected chi connectivity index (χ1v) is 8.47. The van der Waals surface area contributed by atoms with Crippen molar-refractivity contribution in [3.63, 3.8) is 0 Å². The van der Waals surface area contributed by atoms with E-state index in [0.717, 1.165) is 39.3 Å². The number of carbonyl (C=O) groups is 2. The second kappa shape index (κ2) is 6.38. The molecule has 25 heavy (non-hydrogen) atoms. The summed E-state index contributed by atoms with van der Waals surface area (Å²) in [4.78, 5) is 27.1. The zero-order valence-corrected chi connectivity index (χ0v) is 13.7. The maximum Gasteiger partial charge on any atom is 0.220 e. The number of ether oxygens (including phenoxy) is 1. The Hall–Kier alpha value is -2.58. The van der Waals surface area contributed by atoms with Gasteiger partial charge in [-0.1, -0.05) is 24.3 Å². The Kier molecular flexibility index (Phi) is 4.06. The Morgan fingerprint density at radius 1 is 1.16 bits per heavy atom. The van der Waals surface area contributed by atoms with Gasteiger partial charge in [-0.15, -0.1) is 4.68 Å². The molecule has 8 nitrogen and oxygen atoms in total. The highest BCUT2D eigenvalue weighted by molar-refractivity contribution is 6.26. The van der Waals surface area contributed by atoms with E-state index in [1.165, 1.54) is 9.58 Å². The molecule has 1 aromatic carbocycles. The topological polar surface area (TPSA) is 92.6 Å². The molecular formula is C17H19N4O4+. The van der Waals surface area contributed by atoms with E-state index in [9.17, 15) is 14.8 Å². The number of hydrogen-bond acceptors (Lipinski definition) is 5. The number of benzene rings is 1. The zero-order chi connectivity index (χ0) is 17.4. The molecule has 0 atom stereocenters. The van der Waals surface area contributed by atoms with Crippen molar-refractivity contribution in [2.75, 3.05) is 32.8 Å². The number of carbonyl (C=O) groups excluding carboxylic acids is 2. The van der Waals surface area contributed by atoms with Crippen LogP contribution < -0.4 is 9.86 Å². The number of fused-ring (bicyclic) bond motifs is 2. The Morgan fingerprint density at radius 2 is 1.84 bits per heavy atom. The van der Waals surface area contributed by atoms with Gasteiger partial charge in [-0.05, 0) is 0 Å². The molecule has 0 radical (unpaired) electrons. The largest absolute Gasteiger partial charge is 0.571 e. The number of nitrogens with one attached hydrogen (secondary N) is 1. The molecule has 1 aliphatic carbocycles. The number of ketones is 2. The predicted octanol–water partition coefficient (Wildman–Crippen LogP) is -1.40.